The molecule has 0 unspecified atom stereocenters. The van der Waals surface area contributed by atoms with E-state index in [9.17, 15) is 8.42 Å². The van der Waals surface area contributed by atoms with Gasteiger partial charge in [-0.05, 0) is 73.9 Å². The van der Waals surface area contributed by atoms with Crippen LogP contribution in [0.4, 0.5) is 0 Å². The van der Waals surface area contributed by atoms with E-state index >= 15 is 0 Å². The summed E-state index contributed by atoms with van der Waals surface area (Å²) in [5.74, 6) is 2.17. The topological polar surface area (TPSA) is 74.3 Å². The van der Waals surface area contributed by atoms with Gasteiger partial charge in [0.15, 0.2) is 0 Å². The standard InChI is InChI=1S/C28H43BrN4O2S3/c1-6-22(5)19-31-27(21-38(34,35)26-14-11-10-13-23(26)29)30-16-18-36-20-24-25(7-2)37-28(32-24)15-12-17-33(8-3)9-4/h10-11,13-14,19,21,30-31H,6-9,12,15-18,20H2,1-5H3. The number of nitrogens with one attached hydrogen (secondary N) is 2. The molecule has 212 valence electrons. The van der Waals surface area contributed by atoms with Crippen LogP contribution in [0.15, 0.2) is 56.6 Å². The molecule has 0 fully saturated rings. The van der Waals surface area contributed by atoms with Crippen LogP contribution in [0.2, 0.25) is 0 Å². The van der Waals surface area contributed by atoms with E-state index < -0.39 is 9.84 Å². The Hall–Kier alpha value is -1.33. The quantitative estimate of drug-likeness (QED) is 0.174. The zero-order chi connectivity index (χ0) is 28.0. The summed E-state index contributed by atoms with van der Waals surface area (Å²) < 4.78 is 26.6. The van der Waals surface area contributed by atoms with Crippen molar-refractivity contribution in [3.63, 3.8) is 0 Å². The Balaban J connectivity index is 1.96. The molecule has 10 heteroatoms. The average molecular weight is 644 g/mol. The maximum absolute atomic E-state index is 13.0. The maximum Gasteiger partial charge on any atom is 0.204 e. The van der Waals surface area contributed by atoms with Gasteiger partial charge in [-0.3, -0.25) is 0 Å². The minimum Gasteiger partial charge on any atom is -0.370 e. The number of sulfone groups is 1. The number of thioether (sulfide) groups is 1. The zero-order valence-corrected chi connectivity index (χ0v) is 27.4. The minimum atomic E-state index is -3.64. The van der Waals surface area contributed by atoms with Crippen LogP contribution in [-0.4, -0.2) is 50.2 Å². The van der Waals surface area contributed by atoms with Crippen molar-refractivity contribution in [3.05, 3.63) is 67.3 Å². The number of hydrogen-bond acceptors (Lipinski definition) is 8. The fourth-order valence-electron chi connectivity index (χ4n) is 3.68. The smallest absolute Gasteiger partial charge is 0.204 e. The molecule has 2 aromatic rings. The SMILES string of the molecule is CCC(C)=CNC(=CS(=O)(=O)c1ccccc1Br)NCCSCc1nc(CCCN(CC)CC)sc1CC. The molecule has 0 atom stereocenters. The van der Waals surface area contributed by atoms with Crippen molar-refractivity contribution in [2.75, 3.05) is 31.9 Å². The van der Waals surface area contributed by atoms with Crippen molar-refractivity contribution in [1.29, 1.82) is 0 Å². The molecule has 0 amide bonds. The largest absolute Gasteiger partial charge is 0.370 e. The Morgan fingerprint density at radius 1 is 1.18 bits per heavy atom. The lowest BCUT2D eigenvalue weighted by Crippen LogP contribution is -2.26. The first-order chi connectivity index (χ1) is 18.2. The average Bonchev–Trinajstić information content (AvgIpc) is 3.30. The number of benzene rings is 1. The number of nitrogens with zero attached hydrogens (tertiary/aromatic N) is 2. The van der Waals surface area contributed by atoms with E-state index in [-0.39, 0.29) is 4.90 Å². The van der Waals surface area contributed by atoms with E-state index in [0.717, 1.165) is 62.4 Å². The molecule has 1 heterocycles. The second-order valence-electron chi connectivity index (χ2n) is 8.94. The Kier molecular flexibility index (Phi) is 15.0. The first kappa shape index (κ1) is 32.9. The molecule has 0 bridgehead atoms. The summed E-state index contributed by atoms with van der Waals surface area (Å²) in [6.45, 7) is 14.7. The van der Waals surface area contributed by atoms with Crippen LogP contribution in [0, 0.1) is 0 Å². The molecule has 0 radical (unpaired) electrons. The van der Waals surface area contributed by atoms with Gasteiger partial charge in [0, 0.05) is 40.0 Å². The predicted octanol–water partition coefficient (Wildman–Crippen LogP) is 6.74. The van der Waals surface area contributed by atoms with Gasteiger partial charge >= 0.3 is 0 Å². The second kappa shape index (κ2) is 17.4. The molecule has 0 aliphatic carbocycles. The maximum atomic E-state index is 13.0. The van der Waals surface area contributed by atoms with Crippen molar-refractivity contribution >= 4 is 48.9 Å². The van der Waals surface area contributed by atoms with E-state index in [1.165, 1.54) is 21.0 Å². The van der Waals surface area contributed by atoms with E-state index in [1.807, 2.05) is 36.2 Å². The molecule has 1 aromatic heterocycles. The third kappa shape index (κ3) is 11.0. The van der Waals surface area contributed by atoms with Crippen LogP contribution in [0.1, 0.15) is 63.0 Å². The van der Waals surface area contributed by atoms with Crippen LogP contribution < -0.4 is 10.6 Å². The summed E-state index contributed by atoms with van der Waals surface area (Å²) >= 11 is 7.04. The Morgan fingerprint density at radius 2 is 1.92 bits per heavy atom. The first-order valence-corrected chi connectivity index (χ1v) is 17.7. The lowest BCUT2D eigenvalue weighted by Gasteiger charge is -2.16. The monoisotopic (exact) mass is 642 g/mol. The van der Waals surface area contributed by atoms with E-state index in [4.69, 9.17) is 4.98 Å². The number of hydrogen-bond donors (Lipinski definition) is 2. The van der Waals surface area contributed by atoms with Crippen LogP contribution in [0.3, 0.4) is 0 Å². The van der Waals surface area contributed by atoms with Gasteiger partial charge in [0.1, 0.15) is 5.82 Å². The summed E-state index contributed by atoms with van der Waals surface area (Å²) in [6, 6.07) is 6.87. The summed E-state index contributed by atoms with van der Waals surface area (Å²) in [7, 11) is -3.64. The van der Waals surface area contributed by atoms with Crippen LogP contribution >= 0.6 is 39.0 Å². The summed E-state index contributed by atoms with van der Waals surface area (Å²) in [5.41, 5.74) is 2.33. The van der Waals surface area contributed by atoms with Gasteiger partial charge < -0.3 is 15.5 Å². The molecule has 2 rings (SSSR count). The molecule has 38 heavy (non-hydrogen) atoms. The summed E-state index contributed by atoms with van der Waals surface area (Å²) in [5, 5.41) is 8.95. The fourth-order valence-corrected chi connectivity index (χ4v) is 7.82. The number of aromatic nitrogens is 1. The highest BCUT2D eigenvalue weighted by Gasteiger charge is 2.16. The normalized spacial score (nSPS) is 12.8. The third-order valence-corrected chi connectivity index (χ3v) is 10.9. The highest BCUT2D eigenvalue weighted by Crippen LogP contribution is 2.25. The highest BCUT2D eigenvalue weighted by atomic mass is 79.9. The van der Waals surface area contributed by atoms with E-state index in [0.29, 0.717) is 16.8 Å². The first-order valence-electron chi connectivity index (χ1n) is 13.4. The summed E-state index contributed by atoms with van der Waals surface area (Å²) in [6.07, 6.45) is 5.93. The minimum absolute atomic E-state index is 0.246. The van der Waals surface area contributed by atoms with Gasteiger partial charge in [-0.15, -0.1) is 11.3 Å². The number of aryl methyl sites for hydroxylation is 2. The molecular formula is C28H43BrN4O2S3. The summed E-state index contributed by atoms with van der Waals surface area (Å²) in [4.78, 5) is 9.04. The fraction of sp³-hybridized carbons (Fsp3) is 0.536. The molecule has 2 N–H and O–H groups in total. The van der Waals surface area contributed by atoms with Crippen LogP contribution in [0.5, 0.6) is 0 Å². The Morgan fingerprint density at radius 3 is 2.58 bits per heavy atom. The van der Waals surface area contributed by atoms with Gasteiger partial charge in [0.2, 0.25) is 9.84 Å². The third-order valence-electron chi connectivity index (χ3n) is 6.15. The molecule has 0 spiro atoms. The second-order valence-corrected chi connectivity index (χ2v) is 13.8. The number of halogens is 1. The number of rotatable bonds is 18. The Labute approximate surface area is 246 Å². The van der Waals surface area contributed by atoms with Crippen LogP contribution in [0.25, 0.3) is 0 Å². The molecular weight excluding hydrogens is 600 g/mol. The van der Waals surface area contributed by atoms with Crippen molar-refractivity contribution in [1.82, 2.24) is 20.5 Å². The molecule has 0 saturated carbocycles. The number of thiazole rings is 1. The molecule has 0 aliphatic heterocycles. The Bertz CT molecular complexity index is 1160. The molecule has 0 saturated heterocycles. The van der Waals surface area contributed by atoms with Crippen LogP contribution in [-0.2, 0) is 28.4 Å². The molecule has 1 aromatic carbocycles. The highest BCUT2D eigenvalue weighted by molar-refractivity contribution is 9.10. The number of allylic oxidation sites excluding steroid dienone is 1. The lowest BCUT2D eigenvalue weighted by molar-refractivity contribution is 0.300. The zero-order valence-electron chi connectivity index (χ0n) is 23.3. The van der Waals surface area contributed by atoms with Crippen molar-refractivity contribution in [3.8, 4) is 0 Å². The van der Waals surface area contributed by atoms with E-state index in [2.05, 4.69) is 59.2 Å². The molecule has 0 aliphatic rings. The van der Waals surface area contributed by atoms with Gasteiger partial charge in [-0.2, -0.15) is 11.8 Å². The predicted molar refractivity (Wildman–Crippen MR) is 168 cm³/mol. The van der Waals surface area contributed by atoms with Crippen molar-refractivity contribution < 1.29 is 8.42 Å². The van der Waals surface area contributed by atoms with Gasteiger partial charge in [0.25, 0.3) is 0 Å². The van der Waals surface area contributed by atoms with E-state index in [1.54, 1.807) is 24.3 Å². The van der Waals surface area contributed by atoms with Crippen molar-refractivity contribution in [2.24, 2.45) is 0 Å². The lowest BCUT2D eigenvalue weighted by atomic mass is 10.3. The van der Waals surface area contributed by atoms with Gasteiger partial charge in [0.05, 0.1) is 21.0 Å². The van der Waals surface area contributed by atoms with Crippen molar-refractivity contribution in [2.45, 2.75) is 71.0 Å². The van der Waals surface area contributed by atoms with Gasteiger partial charge in [-0.1, -0.05) is 45.4 Å². The molecule has 6 nitrogen and oxygen atoms in total. The van der Waals surface area contributed by atoms with Gasteiger partial charge in [-0.25, -0.2) is 13.4 Å².